The standard InChI is InChI=1S/C20H25NO.C12H10N2.2ClH.Ru/c1-19(2,3)14-12-16(20(4,5)6)18(22)17(13-14)21-15-10-8-7-9-11-15;13-11-8-4-5-9-12(11)14-10-6-2-1-3-7-10;;;/h7-13H,1-6H3;1-9,13H;2*1H;/q;;;;+2/p-2. The van der Waals surface area contributed by atoms with E-state index in [4.69, 9.17) is 24.8 Å². The topological polar surface area (TPSA) is 65.6 Å². The van der Waals surface area contributed by atoms with E-state index in [1.54, 1.807) is 6.08 Å². The van der Waals surface area contributed by atoms with Gasteiger partial charge in [0.2, 0.25) is 5.78 Å². The van der Waals surface area contributed by atoms with Gasteiger partial charge in [-0.15, -0.1) is 0 Å². The molecular formula is C32H35Cl2N3ORu. The molecule has 4 nitrogen and oxygen atoms in total. The fourth-order valence-electron chi connectivity index (χ4n) is 3.54. The first-order valence-electron chi connectivity index (χ1n) is 12.4. The van der Waals surface area contributed by atoms with Crippen LogP contribution in [-0.4, -0.2) is 22.9 Å². The first-order chi connectivity index (χ1) is 18.4. The molecule has 2 aromatic carbocycles. The third kappa shape index (κ3) is 10.8. The quantitative estimate of drug-likeness (QED) is 0.256. The average Bonchev–Trinajstić information content (AvgIpc) is 2.87. The van der Waals surface area contributed by atoms with Gasteiger partial charge in [-0.2, -0.15) is 0 Å². The van der Waals surface area contributed by atoms with Crippen LogP contribution >= 0.6 is 19.4 Å². The van der Waals surface area contributed by atoms with Gasteiger partial charge in [-0.1, -0.05) is 96.2 Å². The molecule has 2 aliphatic carbocycles. The molecule has 0 heterocycles. The van der Waals surface area contributed by atoms with Crippen LogP contribution in [0.1, 0.15) is 41.5 Å². The summed E-state index contributed by atoms with van der Waals surface area (Å²) in [5.41, 5.74) is 5.14. The van der Waals surface area contributed by atoms with Gasteiger partial charge in [-0.3, -0.25) is 10.2 Å². The monoisotopic (exact) mass is 649 g/mol. The molecular weight excluding hydrogens is 614 g/mol. The summed E-state index contributed by atoms with van der Waals surface area (Å²) >= 11 is -0.346. The second-order valence-corrected chi connectivity index (χ2v) is 13.5. The molecule has 0 aromatic heterocycles. The molecule has 0 spiro atoms. The zero-order valence-electron chi connectivity index (χ0n) is 23.1. The number of rotatable bonds is 2. The number of halogens is 2. The summed E-state index contributed by atoms with van der Waals surface area (Å²) in [5, 5.41) is 7.63. The molecule has 2 aliphatic rings. The fourth-order valence-corrected chi connectivity index (χ4v) is 3.54. The summed E-state index contributed by atoms with van der Waals surface area (Å²) in [7, 11) is 9.71. The predicted molar refractivity (Wildman–Crippen MR) is 165 cm³/mol. The number of Topliss-reactive ketones (excluding diaryl/α,β-unsaturated/α-hetero) is 1. The van der Waals surface area contributed by atoms with Crippen molar-refractivity contribution < 1.29 is 19.9 Å². The van der Waals surface area contributed by atoms with Crippen LogP contribution in [0.15, 0.2) is 118 Å². The van der Waals surface area contributed by atoms with Crippen molar-refractivity contribution in [2.75, 3.05) is 0 Å². The van der Waals surface area contributed by atoms with E-state index in [-0.39, 0.29) is 31.8 Å². The van der Waals surface area contributed by atoms with Crippen LogP contribution in [0, 0.1) is 16.2 Å². The van der Waals surface area contributed by atoms with Crippen LogP contribution in [0.3, 0.4) is 0 Å². The van der Waals surface area contributed by atoms with Crippen molar-refractivity contribution >= 4 is 53.7 Å². The van der Waals surface area contributed by atoms with Gasteiger partial charge in [-0.25, -0.2) is 9.98 Å². The molecule has 0 atom stereocenters. The minimum absolute atomic E-state index is 0.0192. The molecule has 0 fully saturated rings. The van der Waals surface area contributed by atoms with Gasteiger partial charge >= 0.3 is 34.5 Å². The van der Waals surface area contributed by atoms with Crippen LogP contribution < -0.4 is 0 Å². The number of allylic oxidation sites excluding steroid dienone is 8. The van der Waals surface area contributed by atoms with Gasteiger partial charge in [0.1, 0.15) is 5.71 Å². The van der Waals surface area contributed by atoms with Crippen LogP contribution in [0.4, 0.5) is 11.4 Å². The Labute approximate surface area is 248 Å². The van der Waals surface area contributed by atoms with E-state index in [1.807, 2.05) is 91.0 Å². The Morgan fingerprint density at radius 3 is 1.59 bits per heavy atom. The van der Waals surface area contributed by atoms with E-state index in [0.29, 0.717) is 17.1 Å². The number of benzene rings is 2. The Hall–Kier alpha value is -2.72. The molecule has 0 bridgehead atoms. The van der Waals surface area contributed by atoms with Crippen molar-refractivity contribution in [1.29, 1.82) is 5.41 Å². The van der Waals surface area contributed by atoms with Gasteiger partial charge in [0, 0.05) is 5.57 Å². The fraction of sp³-hybridized carbons (Fsp3) is 0.250. The van der Waals surface area contributed by atoms with Crippen molar-refractivity contribution in [1.82, 2.24) is 0 Å². The number of carbonyl (C=O) groups excluding carboxylic acids is 1. The second kappa shape index (κ2) is 15.2. The van der Waals surface area contributed by atoms with Crippen LogP contribution in [0.5, 0.6) is 0 Å². The summed E-state index contributed by atoms with van der Waals surface area (Å²) in [5.74, 6) is 0.0318. The van der Waals surface area contributed by atoms with Gasteiger partial charge < -0.3 is 0 Å². The van der Waals surface area contributed by atoms with Crippen molar-refractivity contribution in [3.05, 3.63) is 108 Å². The van der Waals surface area contributed by atoms with Gasteiger partial charge in [-0.05, 0) is 58.9 Å². The molecule has 1 N–H and O–H groups in total. The molecule has 2 aromatic rings. The Morgan fingerprint density at radius 1 is 0.692 bits per heavy atom. The molecule has 0 saturated carbocycles. The summed E-state index contributed by atoms with van der Waals surface area (Å²) < 4.78 is 0. The Kier molecular flexibility index (Phi) is 12.6. The number of para-hydroxylation sites is 2. The molecule has 0 unspecified atom stereocenters. The van der Waals surface area contributed by atoms with E-state index in [0.717, 1.165) is 22.5 Å². The SMILES string of the molecule is CC(C)(C)C1=CC(=Nc2ccccc2)C(=O)C(C(C)(C)C)=C1.N=C1C=CC=CC1=Nc1ccccc1.[Cl][Ru][Cl]. The van der Waals surface area contributed by atoms with Gasteiger partial charge in [0.15, 0.2) is 0 Å². The Balaban J connectivity index is 0.000000268. The molecule has 0 amide bonds. The maximum atomic E-state index is 12.8. The summed E-state index contributed by atoms with van der Waals surface area (Å²) in [6.07, 6.45) is 11.3. The summed E-state index contributed by atoms with van der Waals surface area (Å²) in [4.78, 5) is 21.7. The Bertz CT molecular complexity index is 1320. The number of ketones is 1. The van der Waals surface area contributed by atoms with E-state index >= 15 is 0 Å². The number of hydrogen-bond acceptors (Lipinski definition) is 4. The van der Waals surface area contributed by atoms with Crippen molar-refractivity contribution in [3.63, 3.8) is 0 Å². The van der Waals surface area contributed by atoms with Crippen molar-refractivity contribution in [2.24, 2.45) is 20.8 Å². The van der Waals surface area contributed by atoms with Gasteiger partial charge in [0.25, 0.3) is 0 Å². The second-order valence-electron chi connectivity index (χ2n) is 10.8. The van der Waals surface area contributed by atoms with E-state index in [1.165, 1.54) is 0 Å². The molecule has 206 valence electrons. The van der Waals surface area contributed by atoms with Gasteiger partial charge in [0.05, 0.1) is 22.8 Å². The minimum atomic E-state index is -0.346. The third-order valence-corrected chi connectivity index (χ3v) is 5.66. The summed E-state index contributed by atoms with van der Waals surface area (Å²) in [6, 6.07) is 19.3. The molecule has 4 rings (SSSR count). The van der Waals surface area contributed by atoms with Crippen LogP contribution in [0.25, 0.3) is 0 Å². The number of nitrogens with one attached hydrogen (secondary N) is 1. The summed E-state index contributed by atoms with van der Waals surface area (Å²) in [6.45, 7) is 12.7. The Morgan fingerprint density at radius 2 is 1.15 bits per heavy atom. The predicted octanol–water partition coefficient (Wildman–Crippen LogP) is 9.57. The van der Waals surface area contributed by atoms with Crippen LogP contribution in [0.2, 0.25) is 0 Å². The van der Waals surface area contributed by atoms with Crippen molar-refractivity contribution in [2.45, 2.75) is 41.5 Å². The maximum absolute atomic E-state index is 12.8. The normalized spacial score (nSPS) is 17.2. The zero-order chi connectivity index (χ0) is 29.1. The average molecular weight is 650 g/mol. The number of aliphatic imine (C=N–C) groups is 2. The van der Waals surface area contributed by atoms with E-state index in [9.17, 15) is 4.79 Å². The van der Waals surface area contributed by atoms with E-state index < -0.39 is 0 Å². The first-order valence-corrected chi connectivity index (χ1v) is 16.9. The molecule has 0 aliphatic heterocycles. The zero-order valence-corrected chi connectivity index (χ0v) is 26.4. The molecule has 7 heteroatoms. The van der Waals surface area contributed by atoms with Crippen molar-refractivity contribution in [3.8, 4) is 0 Å². The molecule has 0 radical (unpaired) electrons. The molecule has 0 saturated heterocycles. The molecule has 39 heavy (non-hydrogen) atoms. The first kappa shape index (κ1) is 32.5. The van der Waals surface area contributed by atoms with E-state index in [2.05, 4.69) is 51.5 Å². The third-order valence-electron chi connectivity index (χ3n) is 5.66. The van der Waals surface area contributed by atoms with Crippen LogP contribution in [-0.2, 0) is 19.9 Å². The number of nitrogens with zero attached hydrogens (tertiary/aromatic N) is 2. The number of hydrogen-bond donors (Lipinski definition) is 1. The number of carbonyl (C=O) groups is 1.